The van der Waals surface area contributed by atoms with E-state index in [-0.39, 0.29) is 23.9 Å². The summed E-state index contributed by atoms with van der Waals surface area (Å²) >= 11 is 0. The van der Waals surface area contributed by atoms with E-state index in [4.69, 9.17) is 0 Å². The molecule has 0 radical (unpaired) electrons. The summed E-state index contributed by atoms with van der Waals surface area (Å²) in [6, 6.07) is -0.0382. The first-order chi connectivity index (χ1) is 7.59. The van der Waals surface area contributed by atoms with Crippen LogP contribution in [-0.2, 0) is 9.59 Å². The van der Waals surface area contributed by atoms with Crippen molar-refractivity contribution in [3.05, 3.63) is 0 Å². The van der Waals surface area contributed by atoms with E-state index in [1.54, 1.807) is 0 Å². The molecule has 0 aromatic carbocycles. The average molecular weight is 224 g/mol. The number of hydrogen-bond acceptors (Lipinski definition) is 3. The van der Waals surface area contributed by atoms with Gasteiger partial charge in [-0.15, -0.1) is 0 Å². The highest BCUT2D eigenvalue weighted by atomic mass is 16.2. The molecule has 0 aromatic heterocycles. The molecule has 4 nitrogen and oxygen atoms in total. The van der Waals surface area contributed by atoms with Crippen LogP contribution in [0.3, 0.4) is 0 Å². The minimum atomic E-state index is -0.258. The van der Waals surface area contributed by atoms with Crippen LogP contribution in [0.2, 0.25) is 0 Å². The lowest BCUT2D eigenvalue weighted by Crippen LogP contribution is -2.40. The van der Waals surface area contributed by atoms with Crippen molar-refractivity contribution in [2.45, 2.75) is 51.6 Å². The molecule has 1 heterocycles. The Bertz CT molecular complexity index is 297. The lowest BCUT2D eigenvalue weighted by molar-refractivity contribution is -0.139. The first kappa shape index (κ1) is 11.6. The fourth-order valence-corrected chi connectivity index (χ4v) is 2.07. The molecule has 0 aromatic rings. The smallest absolute Gasteiger partial charge is 0.247 e. The van der Waals surface area contributed by atoms with Crippen LogP contribution < -0.4 is 5.32 Å². The van der Waals surface area contributed by atoms with Gasteiger partial charge >= 0.3 is 0 Å². The predicted molar refractivity (Wildman–Crippen MR) is 60.7 cm³/mol. The van der Waals surface area contributed by atoms with Gasteiger partial charge in [-0.25, -0.2) is 0 Å². The molecule has 16 heavy (non-hydrogen) atoms. The molecule has 2 rings (SSSR count). The van der Waals surface area contributed by atoms with Crippen LogP contribution in [0, 0.1) is 5.92 Å². The lowest BCUT2D eigenvalue weighted by atomic mass is 10.1. The van der Waals surface area contributed by atoms with Crippen molar-refractivity contribution in [1.29, 1.82) is 0 Å². The molecule has 2 fully saturated rings. The number of amides is 2. The minimum Gasteiger partial charge on any atom is -0.305 e. The highest BCUT2D eigenvalue weighted by molar-refractivity contribution is 6.06. The monoisotopic (exact) mass is 224 g/mol. The number of imide groups is 1. The highest BCUT2D eigenvalue weighted by Crippen LogP contribution is 2.31. The predicted octanol–water partition coefficient (Wildman–Crippen LogP) is 0.912. The Hall–Kier alpha value is -0.900. The second-order valence-electron chi connectivity index (χ2n) is 5.23. The minimum absolute atomic E-state index is 0.00347. The molecule has 1 aliphatic carbocycles. The van der Waals surface area contributed by atoms with Crippen LogP contribution in [0.1, 0.15) is 39.5 Å². The maximum absolute atomic E-state index is 11.9. The van der Waals surface area contributed by atoms with Crippen LogP contribution >= 0.6 is 0 Å². The molecular formula is C12H20N2O2. The Kier molecular flexibility index (Phi) is 3.28. The van der Waals surface area contributed by atoms with E-state index in [1.807, 2.05) is 0 Å². The van der Waals surface area contributed by atoms with Gasteiger partial charge in [-0.05, 0) is 31.7 Å². The van der Waals surface area contributed by atoms with Crippen molar-refractivity contribution in [2.24, 2.45) is 5.92 Å². The fraction of sp³-hybridized carbons (Fsp3) is 0.833. The number of carbonyl (C=O) groups is 2. The van der Waals surface area contributed by atoms with Crippen molar-refractivity contribution < 1.29 is 9.59 Å². The van der Waals surface area contributed by atoms with Gasteiger partial charge in [-0.3, -0.25) is 14.5 Å². The van der Waals surface area contributed by atoms with E-state index in [1.165, 1.54) is 4.90 Å². The first-order valence-electron chi connectivity index (χ1n) is 6.19. The molecule has 0 bridgehead atoms. The summed E-state index contributed by atoms with van der Waals surface area (Å²) in [5, 5.41) is 3.19. The molecule has 1 saturated carbocycles. The summed E-state index contributed by atoms with van der Waals surface area (Å²) in [6.45, 7) is 5.12. The van der Waals surface area contributed by atoms with Gasteiger partial charge < -0.3 is 5.32 Å². The zero-order valence-electron chi connectivity index (χ0n) is 10.0. The Morgan fingerprint density at radius 3 is 2.62 bits per heavy atom. The number of carbonyl (C=O) groups excluding carboxylic acids is 2. The maximum atomic E-state index is 11.9. The number of nitrogens with zero attached hydrogens (tertiary/aromatic N) is 1. The van der Waals surface area contributed by atoms with Gasteiger partial charge in [-0.2, -0.15) is 0 Å². The summed E-state index contributed by atoms with van der Waals surface area (Å²) < 4.78 is 0. The maximum Gasteiger partial charge on any atom is 0.247 e. The Morgan fingerprint density at radius 2 is 2.06 bits per heavy atom. The Labute approximate surface area is 96.4 Å². The third kappa shape index (κ3) is 2.43. The molecule has 90 valence electrons. The zero-order valence-corrected chi connectivity index (χ0v) is 10.0. The van der Waals surface area contributed by atoms with E-state index >= 15 is 0 Å². The van der Waals surface area contributed by atoms with Gasteiger partial charge in [0.1, 0.15) is 0 Å². The van der Waals surface area contributed by atoms with E-state index < -0.39 is 0 Å². The van der Waals surface area contributed by atoms with Gasteiger partial charge in [0.2, 0.25) is 11.8 Å². The molecule has 1 saturated heterocycles. The summed E-state index contributed by atoms with van der Waals surface area (Å²) in [7, 11) is 0. The quantitative estimate of drug-likeness (QED) is 0.706. The molecule has 1 N–H and O–H groups in total. The molecule has 0 spiro atoms. The molecule has 1 unspecified atom stereocenters. The van der Waals surface area contributed by atoms with E-state index in [2.05, 4.69) is 19.2 Å². The fourth-order valence-electron chi connectivity index (χ4n) is 2.07. The van der Waals surface area contributed by atoms with Crippen LogP contribution in [-0.4, -0.2) is 35.3 Å². The molecule has 2 amide bonds. The van der Waals surface area contributed by atoms with Crippen LogP contribution in [0.5, 0.6) is 0 Å². The van der Waals surface area contributed by atoms with Crippen LogP contribution in [0.25, 0.3) is 0 Å². The van der Waals surface area contributed by atoms with Crippen molar-refractivity contribution in [3.63, 3.8) is 0 Å². The third-order valence-corrected chi connectivity index (χ3v) is 3.21. The summed E-state index contributed by atoms with van der Waals surface area (Å²) in [4.78, 5) is 25.0. The van der Waals surface area contributed by atoms with Gasteiger partial charge in [0.25, 0.3) is 0 Å². The molecule has 1 atom stereocenters. The SMILES string of the molecule is CC(C)CCNC1CC(=O)N(C2CC2)C1=O. The van der Waals surface area contributed by atoms with Crippen LogP contribution in [0.4, 0.5) is 0 Å². The molecular weight excluding hydrogens is 204 g/mol. The zero-order chi connectivity index (χ0) is 11.7. The van der Waals surface area contributed by atoms with Crippen molar-refractivity contribution in [2.75, 3.05) is 6.54 Å². The van der Waals surface area contributed by atoms with Crippen molar-refractivity contribution in [1.82, 2.24) is 10.2 Å². The average Bonchev–Trinajstić information content (AvgIpc) is 2.96. The lowest BCUT2D eigenvalue weighted by Gasteiger charge is -2.14. The normalized spacial score (nSPS) is 25.9. The second kappa shape index (κ2) is 4.53. The van der Waals surface area contributed by atoms with Crippen molar-refractivity contribution in [3.8, 4) is 0 Å². The van der Waals surface area contributed by atoms with Gasteiger partial charge in [0.15, 0.2) is 0 Å². The number of hydrogen-bond donors (Lipinski definition) is 1. The first-order valence-corrected chi connectivity index (χ1v) is 6.19. The topological polar surface area (TPSA) is 49.4 Å². The Balaban J connectivity index is 1.83. The molecule has 2 aliphatic rings. The summed E-state index contributed by atoms with van der Waals surface area (Å²) in [6.07, 6.45) is 3.39. The third-order valence-electron chi connectivity index (χ3n) is 3.21. The number of nitrogens with one attached hydrogen (secondary N) is 1. The van der Waals surface area contributed by atoms with Crippen LogP contribution in [0.15, 0.2) is 0 Å². The van der Waals surface area contributed by atoms with Crippen molar-refractivity contribution >= 4 is 11.8 Å². The Morgan fingerprint density at radius 1 is 1.38 bits per heavy atom. The summed E-state index contributed by atoms with van der Waals surface area (Å²) in [5.74, 6) is 0.630. The van der Waals surface area contributed by atoms with E-state index in [0.717, 1.165) is 25.8 Å². The van der Waals surface area contributed by atoms with Gasteiger partial charge in [0.05, 0.1) is 12.5 Å². The van der Waals surface area contributed by atoms with Gasteiger partial charge in [0, 0.05) is 6.04 Å². The molecule has 4 heteroatoms. The number of rotatable bonds is 5. The van der Waals surface area contributed by atoms with Gasteiger partial charge in [-0.1, -0.05) is 13.8 Å². The number of likely N-dealkylation sites (tertiary alicyclic amines) is 1. The second-order valence-corrected chi connectivity index (χ2v) is 5.23. The standard InChI is InChI=1S/C12H20N2O2/c1-8(2)5-6-13-10-7-11(15)14(12(10)16)9-3-4-9/h8-10,13H,3-7H2,1-2H3. The highest BCUT2D eigenvalue weighted by Gasteiger charge is 2.45. The largest absolute Gasteiger partial charge is 0.305 e. The van der Waals surface area contributed by atoms with E-state index in [0.29, 0.717) is 12.3 Å². The summed E-state index contributed by atoms with van der Waals surface area (Å²) in [5.41, 5.74) is 0. The molecule has 1 aliphatic heterocycles. The van der Waals surface area contributed by atoms with E-state index in [9.17, 15) is 9.59 Å².